The van der Waals surface area contributed by atoms with Crippen LogP contribution in [0.3, 0.4) is 0 Å². The Bertz CT molecular complexity index is 706. The van der Waals surface area contributed by atoms with Crippen LogP contribution in [0.1, 0.15) is 33.6 Å². The lowest BCUT2D eigenvalue weighted by molar-refractivity contribution is 0.0650. The number of amides is 1. The molecule has 2 aromatic rings. The topological polar surface area (TPSA) is 37.4 Å². The van der Waals surface area contributed by atoms with Crippen molar-refractivity contribution in [2.24, 2.45) is 5.92 Å². The van der Waals surface area contributed by atoms with E-state index in [-0.39, 0.29) is 17.6 Å². The Kier molecular flexibility index (Phi) is 4.51. The maximum atomic E-state index is 13.2. The van der Waals surface area contributed by atoms with Gasteiger partial charge in [-0.3, -0.25) is 9.59 Å². The van der Waals surface area contributed by atoms with Crippen LogP contribution in [-0.4, -0.2) is 29.7 Å². The second-order valence-electron chi connectivity index (χ2n) is 5.81. The average Bonchev–Trinajstić information content (AvgIpc) is 2.61. The molecule has 1 amide bonds. The molecule has 0 unspecified atom stereocenters. The highest BCUT2D eigenvalue weighted by Gasteiger charge is 2.28. The molecule has 0 spiro atoms. The first-order valence-corrected chi connectivity index (χ1v) is 7.79. The largest absolute Gasteiger partial charge is 0.339 e. The molecule has 0 radical (unpaired) electrons. The van der Waals surface area contributed by atoms with Crippen molar-refractivity contribution in [1.29, 1.82) is 0 Å². The third kappa shape index (κ3) is 3.47. The van der Waals surface area contributed by atoms with Crippen molar-refractivity contribution < 1.29 is 14.0 Å². The number of hydrogen-bond acceptors (Lipinski definition) is 2. The van der Waals surface area contributed by atoms with Gasteiger partial charge in [0.05, 0.1) is 0 Å². The summed E-state index contributed by atoms with van der Waals surface area (Å²) in [6, 6.07) is 15.0. The Morgan fingerprint density at radius 2 is 1.57 bits per heavy atom. The van der Waals surface area contributed by atoms with E-state index < -0.39 is 5.82 Å². The molecule has 3 rings (SSSR count). The van der Waals surface area contributed by atoms with Crippen LogP contribution in [0, 0.1) is 11.7 Å². The summed E-state index contributed by atoms with van der Waals surface area (Å²) in [6.45, 7) is 1.11. The number of carbonyl (C=O) groups is 2. The van der Waals surface area contributed by atoms with E-state index in [2.05, 4.69) is 0 Å². The minimum absolute atomic E-state index is 0.00209. The molecule has 1 aliphatic heterocycles. The molecule has 0 aliphatic carbocycles. The molecule has 1 heterocycles. The first-order valence-electron chi connectivity index (χ1n) is 7.79. The van der Waals surface area contributed by atoms with Gasteiger partial charge in [-0.05, 0) is 37.1 Å². The first kappa shape index (κ1) is 15.4. The molecule has 0 atom stereocenters. The Hall–Kier alpha value is -2.49. The van der Waals surface area contributed by atoms with Gasteiger partial charge in [0, 0.05) is 30.1 Å². The Labute approximate surface area is 134 Å². The molecular formula is C19H18FNO2. The van der Waals surface area contributed by atoms with E-state index >= 15 is 0 Å². The van der Waals surface area contributed by atoms with Crippen molar-refractivity contribution in [3.05, 3.63) is 71.5 Å². The summed E-state index contributed by atoms with van der Waals surface area (Å²) in [4.78, 5) is 26.6. The zero-order chi connectivity index (χ0) is 16.2. The summed E-state index contributed by atoms with van der Waals surface area (Å²) in [5.74, 6) is -0.567. The molecule has 2 aromatic carbocycles. The van der Waals surface area contributed by atoms with Gasteiger partial charge < -0.3 is 4.90 Å². The van der Waals surface area contributed by atoms with Crippen LogP contribution < -0.4 is 0 Å². The fourth-order valence-electron chi connectivity index (χ4n) is 2.99. The van der Waals surface area contributed by atoms with Crippen LogP contribution >= 0.6 is 0 Å². The van der Waals surface area contributed by atoms with Crippen molar-refractivity contribution in [3.8, 4) is 0 Å². The summed E-state index contributed by atoms with van der Waals surface area (Å²) in [7, 11) is 0. The van der Waals surface area contributed by atoms with E-state index in [1.807, 2.05) is 18.2 Å². The third-order valence-electron chi connectivity index (χ3n) is 4.28. The zero-order valence-electron chi connectivity index (χ0n) is 12.7. The molecule has 3 nitrogen and oxygen atoms in total. The van der Waals surface area contributed by atoms with Gasteiger partial charge in [0.2, 0.25) is 0 Å². The number of piperidine rings is 1. The van der Waals surface area contributed by atoms with Gasteiger partial charge in [-0.2, -0.15) is 0 Å². The van der Waals surface area contributed by atoms with Crippen LogP contribution in [0.4, 0.5) is 4.39 Å². The van der Waals surface area contributed by atoms with E-state index in [0.29, 0.717) is 37.1 Å². The lowest BCUT2D eigenvalue weighted by Gasteiger charge is -2.31. The van der Waals surface area contributed by atoms with E-state index in [1.54, 1.807) is 29.2 Å². The second kappa shape index (κ2) is 6.73. The van der Waals surface area contributed by atoms with Gasteiger partial charge in [0.1, 0.15) is 5.82 Å². The van der Waals surface area contributed by atoms with Crippen molar-refractivity contribution >= 4 is 11.7 Å². The Morgan fingerprint density at radius 1 is 0.913 bits per heavy atom. The molecule has 4 heteroatoms. The number of hydrogen-bond donors (Lipinski definition) is 0. The zero-order valence-corrected chi connectivity index (χ0v) is 12.7. The van der Waals surface area contributed by atoms with Crippen LogP contribution in [0.5, 0.6) is 0 Å². The van der Waals surface area contributed by atoms with Gasteiger partial charge in [0.15, 0.2) is 5.78 Å². The molecule has 118 valence electrons. The molecule has 0 aromatic heterocycles. The SMILES string of the molecule is O=C(c1cccc(F)c1)C1CCN(C(=O)c2ccccc2)CC1. The van der Waals surface area contributed by atoms with Crippen LogP contribution in [0.15, 0.2) is 54.6 Å². The summed E-state index contributed by atoms with van der Waals surface area (Å²) in [6.07, 6.45) is 1.24. The first-order chi connectivity index (χ1) is 11.1. The van der Waals surface area contributed by atoms with Crippen LogP contribution in [-0.2, 0) is 0 Å². The molecule has 1 aliphatic rings. The van der Waals surface area contributed by atoms with Crippen molar-refractivity contribution in [2.75, 3.05) is 13.1 Å². The molecule has 0 N–H and O–H groups in total. The van der Waals surface area contributed by atoms with Gasteiger partial charge in [-0.25, -0.2) is 4.39 Å². The number of ketones is 1. The number of halogens is 1. The van der Waals surface area contributed by atoms with E-state index in [4.69, 9.17) is 0 Å². The normalized spacial score (nSPS) is 15.4. The van der Waals surface area contributed by atoms with Gasteiger partial charge in [-0.15, -0.1) is 0 Å². The fraction of sp³-hybridized carbons (Fsp3) is 0.263. The summed E-state index contributed by atoms with van der Waals surface area (Å²) in [5.41, 5.74) is 1.08. The molecule has 1 saturated heterocycles. The van der Waals surface area contributed by atoms with Gasteiger partial charge >= 0.3 is 0 Å². The molecule has 0 saturated carbocycles. The quantitative estimate of drug-likeness (QED) is 0.813. The number of benzene rings is 2. The minimum atomic E-state index is -0.396. The lowest BCUT2D eigenvalue weighted by atomic mass is 9.88. The van der Waals surface area contributed by atoms with Crippen molar-refractivity contribution in [3.63, 3.8) is 0 Å². The third-order valence-corrected chi connectivity index (χ3v) is 4.28. The lowest BCUT2D eigenvalue weighted by Crippen LogP contribution is -2.40. The summed E-state index contributed by atoms with van der Waals surface area (Å²) < 4.78 is 13.2. The number of Topliss-reactive ketones (excluding diaryl/α,β-unsaturated/α-hetero) is 1. The Balaban J connectivity index is 1.62. The number of rotatable bonds is 3. The summed E-state index contributed by atoms with van der Waals surface area (Å²) in [5, 5.41) is 0. The fourth-order valence-corrected chi connectivity index (χ4v) is 2.99. The number of nitrogens with zero attached hydrogens (tertiary/aromatic N) is 1. The monoisotopic (exact) mass is 311 g/mol. The minimum Gasteiger partial charge on any atom is -0.339 e. The maximum absolute atomic E-state index is 13.2. The standard InChI is InChI=1S/C19H18FNO2/c20-17-8-4-7-16(13-17)18(22)14-9-11-21(12-10-14)19(23)15-5-2-1-3-6-15/h1-8,13-14H,9-12H2. The highest BCUT2D eigenvalue weighted by Crippen LogP contribution is 2.23. The van der Waals surface area contributed by atoms with Crippen LogP contribution in [0.25, 0.3) is 0 Å². The highest BCUT2D eigenvalue weighted by atomic mass is 19.1. The van der Waals surface area contributed by atoms with Crippen molar-refractivity contribution in [2.45, 2.75) is 12.8 Å². The molecule has 1 fully saturated rings. The van der Waals surface area contributed by atoms with E-state index in [9.17, 15) is 14.0 Å². The molecule has 23 heavy (non-hydrogen) atoms. The predicted octanol–water partition coefficient (Wildman–Crippen LogP) is 3.56. The average molecular weight is 311 g/mol. The highest BCUT2D eigenvalue weighted by molar-refractivity contribution is 5.98. The smallest absolute Gasteiger partial charge is 0.253 e. The Morgan fingerprint density at radius 3 is 2.22 bits per heavy atom. The van der Waals surface area contributed by atoms with E-state index in [0.717, 1.165) is 0 Å². The van der Waals surface area contributed by atoms with Gasteiger partial charge in [0.25, 0.3) is 5.91 Å². The van der Waals surface area contributed by atoms with Crippen molar-refractivity contribution in [1.82, 2.24) is 4.90 Å². The maximum Gasteiger partial charge on any atom is 0.253 e. The van der Waals surface area contributed by atoms with Gasteiger partial charge in [-0.1, -0.05) is 30.3 Å². The summed E-state index contributed by atoms with van der Waals surface area (Å²) >= 11 is 0. The number of likely N-dealkylation sites (tertiary alicyclic amines) is 1. The number of carbonyl (C=O) groups excluding carboxylic acids is 2. The van der Waals surface area contributed by atoms with Crippen LogP contribution in [0.2, 0.25) is 0 Å². The predicted molar refractivity (Wildman–Crippen MR) is 85.8 cm³/mol. The molecule has 0 bridgehead atoms. The van der Waals surface area contributed by atoms with E-state index in [1.165, 1.54) is 12.1 Å². The molecular weight excluding hydrogens is 293 g/mol. The second-order valence-corrected chi connectivity index (χ2v) is 5.81.